The van der Waals surface area contributed by atoms with Crippen molar-refractivity contribution in [3.8, 4) is 5.75 Å². The van der Waals surface area contributed by atoms with E-state index in [1.54, 1.807) is 29.7 Å². The Balaban J connectivity index is 2.08. The van der Waals surface area contributed by atoms with Crippen LogP contribution in [0.25, 0.3) is 0 Å². The molecule has 0 aliphatic rings. The number of hydrogen-bond acceptors (Lipinski definition) is 4. The number of aromatic hydroxyl groups is 1. The van der Waals surface area contributed by atoms with E-state index < -0.39 is 0 Å². The molecule has 1 heterocycles. The Kier molecular flexibility index (Phi) is 3.62. The van der Waals surface area contributed by atoms with Crippen LogP contribution in [0, 0.1) is 6.92 Å². The van der Waals surface area contributed by atoms with Gasteiger partial charge in [-0.25, -0.2) is 4.98 Å². The van der Waals surface area contributed by atoms with Crippen LogP contribution in [0.15, 0.2) is 30.5 Å². The average Bonchev–Trinajstić information content (AvgIpc) is 2.76. The molecule has 1 atom stereocenters. The van der Waals surface area contributed by atoms with Crippen molar-refractivity contribution in [3.05, 3.63) is 45.9 Å². The van der Waals surface area contributed by atoms with E-state index in [1.165, 1.54) is 12.1 Å². The molecule has 0 saturated heterocycles. The zero-order valence-corrected chi connectivity index (χ0v) is 11.0. The monoisotopic (exact) mass is 262 g/mol. The predicted octanol–water partition coefficient (Wildman–Crippen LogP) is 2.65. The number of hydrogen-bond donors (Lipinski definition) is 2. The zero-order valence-electron chi connectivity index (χ0n) is 10.2. The molecule has 5 heteroatoms. The summed E-state index contributed by atoms with van der Waals surface area (Å²) in [6, 6.07) is 6.13. The van der Waals surface area contributed by atoms with Gasteiger partial charge in [0.15, 0.2) is 0 Å². The van der Waals surface area contributed by atoms with E-state index in [9.17, 15) is 9.90 Å². The number of phenolic OH excluding ortho intramolecular Hbond substituents is 1. The number of benzene rings is 1. The highest BCUT2D eigenvalue weighted by atomic mass is 32.1. The standard InChI is InChI=1S/C13H14N2O2S/c1-8-7-14-13(18-8)9(2)15-12(17)10-4-3-5-11(16)6-10/h3-7,9,16H,1-2H3,(H,15,17). The van der Waals surface area contributed by atoms with Gasteiger partial charge in [-0.15, -0.1) is 11.3 Å². The molecule has 0 spiro atoms. The number of rotatable bonds is 3. The van der Waals surface area contributed by atoms with E-state index in [2.05, 4.69) is 10.3 Å². The minimum Gasteiger partial charge on any atom is -0.508 e. The normalized spacial score (nSPS) is 12.1. The quantitative estimate of drug-likeness (QED) is 0.894. The third-order valence-electron chi connectivity index (χ3n) is 2.47. The summed E-state index contributed by atoms with van der Waals surface area (Å²) in [6.45, 7) is 3.86. The fraction of sp³-hybridized carbons (Fsp3) is 0.231. The first-order valence-corrected chi connectivity index (χ1v) is 6.40. The first kappa shape index (κ1) is 12.6. The molecule has 0 aliphatic heterocycles. The minimum atomic E-state index is -0.216. The van der Waals surface area contributed by atoms with Gasteiger partial charge in [-0.1, -0.05) is 6.07 Å². The summed E-state index contributed by atoms with van der Waals surface area (Å²) in [4.78, 5) is 17.3. The van der Waals surface area contributed by atoms with Crippen LogP contribution < -0.4 is 5.32 Å². The molecular formula is C13H14N2O2S. The van der Waals surface area contributed by atoms with Crippen molar-refractivity contribution in [2.24, 2.45) is 0 Å². The molecule has 0 aliphatic carbocycles. The summed E-state index contributed by atoms with van der Waals surface area (Å²) in [5.41, 5.74) is 0.440. The van der Waals surface area contributed by atoms with E-state index in [-0.39, 0.29) is 17.7 Å². The summed E-state index contributed by atoms with van der Waals surface area (Å²) in [5.74, 6) is -0.133. The molecule has 2 N–H and O–H groups in total. The van der Waals surface area contributed by atoms with Crippen molar-refractivity contribution >= 4 is 17.2 Å². The van der Waals surface area contributed by atoms with Crippen molar-refractivity contribution in [1.29, 1.82) is 0 Å². The third kappa shape index (κ3) is 2.87. The van der Waals surface area contributed by atoms with Gasteiger partial charge < -0.3 is 10.4 Å². The fourth-order valence-corrected chi connectivity index (χ4v) is 2.34. The minimum absolute atomic E-state index is 0.0837. The lowest BCUT2D eigenvalue weighted by atomic mass is 10.2. The van der Waals surface area contributed by atoms with Gasteiger partial charge in [-0.05, 0) is 32.0 Å². The Labute approximate surface area is 109 Å². The predicted molar refractivity (Wildman–Crippen MR) is 70.8 cm³/mol. The highest BCUT2D eigenvalue weighted by molar-refractivity contribution is 7.11. The fourth-order valence-electron chi connectivity index (χ4n) is 1.56. The lowest BCUT2D eigenvalue weighted by molar-refractivity contribution is 0.0939. The number of aromatic nitrogens is 1. The topological polar surface area (TPSA) is 62.2 Å². The molecule has 0 saturated carbocycles. The number of nitrogens with one attached hydrogen (secondary N) is 1. The molecule has 2 rings (SSSR count). The molecule has 1 amide bonds. The summed E-state index contributed by atoms with van der Waals surface area (Å²) in [7, 11) is 0. The van der Waals surface area contributed by atoms with Crippen molar-refractivity contribution in [3.63, 3.8) is 0 Å². The SMILES string of the molecule is Cc1cnc(C(C)NC(=O)c2cccc(O)c2)s1. The second kappa shape index (κ2) is 5.18. The van der Waals surface area contributed by atoms with Crippen LogP contribution in [0.5, 0.6) is 5.75 Å². The lowest BCUT2D eigenvalue weighted by Gasteiger charge is -2.11. The number of aryl methyl sites for hydroxylation is 1. The van der Waals surface area contributed by atoms with E-state index in [1.807, 2.05) is 13.8 Å². The van der Waals surface area contributed by atoms with Crippen LogP contribution in [-0.2, 0) is 0 Å². The summed E-state index contributed by atoms with van der Waals surface area (Å²) >= 11 is 1.56. The molecule has 1 aromatic carbocycles. The molecule has 1 aromatic heterocycles. The number of phenols is 1. The first-order chi connectivity index (χ1) is 8.56. The number of amides is 1. The van der Waals surface area contributed by atoms with Gasteiger partial charge in [0.05, 0.1) is 6.04 Å². The second-order valence-corrected chi connectivity index (χ2v) is 5.32. The van der Waals surface area contributed by atoms with Crippen LogP contribution in [0.3, 0.4) is 0 Å². The van der Waals surface area contributed by atoms with Crippen molar-refractivity contribution in [2.75, 3.05) is 0 Å². The van der Waals surface area contributed by atoms with Gasteiger partial charge in [-0.3, -0.25) is 4.79 Å². The van der Waals surface area contributed by atoms with Gasteiger partial charge in [0, 0.05) is 16.6 Å². The van der Waals surface area contributed by atoms with Gasteiger partial charge in [0.2, 0.25) is 0 Å². The maximum absolute atomic E-state index is 11.9. The van der Waals surface area contributed by atoms with Gasteiger partial charge in [0.25, 0.3) is 5.91 Å². The molecule has 1 unspecified atom stereocenters. The molecular weight excluding hydrogens is 248 g/mol. The largest absolute Gasteiger partial charge is 0.508 e. The maximum Gasteiger partial charge on any atom is 0.251 e. The van der Waals surface area contributed by atoms with Crippen molar-refractivity contribution in [1.82, 2.24) is 10.3 Å². The Hall–Kier alpha value is -1.88. The average molecular weight is 262 g/mol. The Morgan fingerprint density at radius 3 is 2.89 bits per heavy atom. The van der Waals surface area contributed by atoms with E-state index >= 15 is 0 Å². The number of thiazole rings is 1. The highest BCUT2D eigenvalue weighted by Crippen LogP contribution is 2.19. The van der Waals surface area contributed by atoms with E-state index in [0.717, 1.165) is 9.88 Å². The van der Waals surface area contributed by atoms with E-state index in [4.69, 9.17) is 0 Å². The lowest BCUT2D eigenvalue weighted by Crippen LogP contribution is -2.26. The summed E-state index contributed by atoms with van der Waals surface area (Å²) < 4.78 is 0. The number of carbonyl (C=O) groups is 1. The third-order valence-corrected chi connectivity index (χ3v) is 3.56. The van der Waals surface area contributed by atoms with Crippen LogP contribution in [0.1, 0.15) is 33.2 Å². The molecule has 2 aromatic rings. The smallest absolute Gasteiger partial charge is 0.251 e. The van der Waals surface area contributed by atoms with E-state index in [0.29, 0.717) is 5.56 Å². The zero-order chi connectivity index (χ0) is 13.1. The summed E-state index contributed by atoms with van der Waals surface area (Å²) in [6.07, 6.45) is 1.79. The van der Waals surface area contributed by atoms with Crippen LogP contribution >= 0.6 is 11.3 Å². The van der Waals surface area contributed by atoms with Crippen molar-refractivity contribution < 1.29 is 9.90 Å². The highest BCUT2D eigenvalue weighted by Gasteiger charge is 2.14. The van der Waals surface area contributed by atoms with Crippen LogP contribution in [-0.4, -0.2) is 16.0 Å². The Morgan fingerprint density at radius 2 is 2.28 bits per heavy atom. The number of carbonyl (C=O) groups excluding carboxylic acids is 1. The molecule has 0 bridgehead atoms. The summed E-state index contributed by atoms with van der Waals surface area (Å²) in [5, 5.41) is 13.1. The molecule has 0 radical (unpaired) electrons. The Bertz CT molecular complexity index is 566. The molecule has 0 fully saturated rings. The van der Waals surface area contributed by atoms with Gasteiger partial charge >= 0.3 is 0 Å². The second-order valence-electron chi connectivity index (χ2n) is 4.05. The molecule has 18 heavy (non-hydrogen) atoms. The van der Waals surface area contributed by atoms with Crippen LogP contribution in [0.4, 0.5) is 0 Å². The van der Waals surface area contributed by atoms with Gasteiger partial charge in [-0.2, -0.15) is 0 Å². The first-order valence-electron chi connectivity index (χ1n) is 5.58. The van der Waals surface area contributed by atoms with Gasteiger partial charge in [0.1, 0.15) is 10.8 Å². The number of nitrogens with zero attached hydrogens (tertiary/aromatic N) is 1. The maximum atomic E-state index is 11.9. The molecule has 94 valence electrons. The van der Waals surface area contributed by atoms with Crippen molar-refractivity contribution in [2.45, 2.75) is 19.9 Å². The molecule has 4 nitrogen and oxygen atoms in total. The Morgan fingerprint density at radius 1 is 1.50 bits per heavy atom. The van der Waals surface area contributed by atoms with Crippen LogP contribution in [0.2, 0.25) is 0 Å².